The van der Waals surface area contributed by atoms with Gasteiger partial charge < -0.3 is 14.0 Å². The van der Waals surface area contributed by atoms with Gasteiger partial charge in [-0.2, -0.15) is 0 Å². The van der Waals surface area contributed by atoms with E-state index in [4.69, 9.17) is 0 Å². The van der Waals surface area contributed by atoms with Crippen molar-refractivity contribution in [3.05, 3.63) is 84.3 Å². The summed E-state index contributed by atoms with van der Waals surface area (Å²) in [6.45, 7) is 5.18. The molecule has 5 rings (SSSR count). The maximum atomic E-state index is 12.9. The van der Waals surface area contributed by atoms with Gasteiger partial charge in [-0.3, -0.25) is 9.78 Å². The zero-order chi connectivity index (χ0) is 21.9. The third kappa shape index (κ3) is 4.17. The summed E-state index contributed by atoms with van der Waals surface area (Å²) in [7, 11) is 0. The monoisotopic (exact) mass is 427 g/mol. The Balaban J connectivity index is 1.17. The van der Waals surface area contributed by atoms with E-state index in [2.05, 4.69) is 56.5 Å². The molecule has 0 spiro atoms. The van der Waals surface area contributed by atoms with Gasteiger partial charge in [0.25, 0.3) is 0 Å². The maximum absolute atomic E-state index is 12.9. The van der Waals surface area contributed by atoms with Crippen LogP contribution in [0.3, 0.4) is 0 Å². The molecular formula is C26H29N5O. The molecule has 4 heterocycles. The minimum atomic E-state index is 0.246. The lowest BCUT2D eigenvalue weighted by Crippen LogP contribution is -2.38. The molecule has 0 radical (unpaired) electrons. The number of nitrogens with zero attached hydrogens (tertiary/aromatic N) is 5. The van der Waals surface area contributed by atoms with Crippen LogP contribution in [-0.4, -0.2) is 43.0 Å². The van der Waals surface area contributed by atoms with Gasteiger partial charge in [0, 0.05) is 67.7 Å². The summed E-state index contributed by atoms with van der Waals surface area (Å²) in [6, 6.07) is 14.4. The van der Waals surface area contributed by atoms with Crippen LogP contribution in [0.1, 0.15) is 42.3 Å². The molecule has 3 aromatic heterocycles. The predicted octanol–water partition coefficient (Wildman–Crippen LogP) is 4.39. The van der Waals surface area contributed by atoms with E-state index in [-0.39, 0.29) is 5.91 Å². The van der Waals surface area contributed by atoms with Crippen molar-refractivity contribution in [1.29, 1.82) is 0 Å². The van der Waals surface area contributed by atoms with Gasteiger partial charge in [-0.25, -0.2) is 4.98 Å². The molecule has 0 unspecified atom stereocenters. The number of benzene rings is 1. The SMILES string of the molecule is Cc1cn(CCC(=O)N2CCC(c3nccn3Cc3ccccn3)CC2)c2ccccc12. The number of aryl methyl sites for hydroxylation is 2. The van der Waals surface area contributed by atoms with Gasteiger partial charge in [0.15, 0.2) is 0 Å². The van der Waals surface area contributed by atoms with E-state index in [9.17, 15) is 4.79 Å². The van der Waals surface area contributed by atoms with E-state index in [1.807, 2.05) is 41.7 Å². The first-order chi connectivity index (χ1) is 15.7. The first kappa shape index (κ1) is 20.5. The van der Waals surface area contributed by atoms with E-state index in [1.54, 1.807) is 0 Å². The average molecular weight is 428 g/mol. The van der Waals surface area contributed by atoms with Crippen LogP contribution >= 0.6 is 0 Å². The van der Waals surface area contributed by atoms with Crippen LogP contribution in [0.25, 0.3) is 10.9 Å². The largest absolute Gasteiger partial charge is 0.347 e. The number of likely N-dealkylation sites (tertiary alicyclic amines) is 1. The number of hydrogen-bond acceptors (Lipinski definition) is 3. The number of aromatic nitrogens is 4. The molecule has 0 atom stereocenters. The third-order valence-electron chi connectivity index (χ3n) is 6.57. The standard InChI is InChI=1S/C26H29N5O/c1-20-18-30(24-8-3-2-7-23(20)24)16-11-25(32)29-14-9-21(10-15-29)26-28-13-17-31(26)19-22-6-4-5-12-27-22/h2-8,12-13,17-18,21H,9-11,14-16,19H2,1H3. The molecule has 1 aliphatic heterocycles. The molecule has 164 valence electrons. The van der Waals surface area contributed by atoms with Crippen molar-refractivity contribution < 1.29 is 4.79 Å². The van der Waals surface area contributed by atoms with Gasteiger partial charge in [0.2, 0.25) is 5.91 Å². The van der Waals surface area contributed by atoms with E-state index in [0.717, 1.165) is 50.5 Å². The number of carbonyl (C=O) groups excluding carboxylic acids is 1. The lowest BCUT2D eigenvalue weighted by molar-refractivity contribution is -0.132. The smallest absolute Gasteiger partial charge is 0.224 e. The normalized spacial score (nSPS) is 14.8. The zero-order valence-electron chi connectivity index (χ0n) is 18.5. The Morgan fingerprint density at radius 1 is 1.00 bits per heavy atom. The van der Waals surface area contributed by atoms with Crippen LogP contribution in [0, 0.1) is 6.92 Å². The van der Waals surface area contributed by atoms with Crippen LogP contribution in [0.2, 0.25) is 0 Å². The lowest BCUT2D eigenvalue weighted by atomic mass is 9.95. The van der Waals surface area contributed by atoms with Crippen molar-refractivity contribution in [3.63, 3.8) is 0 Å². The lowest BCUT2D eigenvalue weighted by Gasteiger charge is -2.32. The van der Waals surface area contributed by atoms with E-state index >= 15 is 0 Å². The van der Waals surface area contributed by atoms with Crippen LogP contribution in [0.15, 0.2) is 67.3 Å². The van der Waals surface area contributed by atoms with Crippen molar-refractivity contribution >= 4 is 16.8 Å². The highest BCUT2D eigenvalue weighted by molar-refractivity contribution is 5.84. The fourth-order valence-electron chi connectivity index (χ4n) is 4.86. The highest BCUT2D eigenvalue weighted by Crippen LogP contribution is 2.28. The summed E-state index contributed by atoms with van der Waals surface area (Å²) < 4.78 is 4.41. The molecule has 1 amide bonds. The fourth-order valence-corrected chi connectivity index (χ4v) is 4.86. The molecule has 0 saturated carbocycles. The number of hydrogen-bond donors (Lipinski definition) is 0. The maximum Gasteiger partial charge on any atom is 0.224 e. The van der Waals surface area contributed by atoms with Crippen molar-refractivity contribution in [2.45, 2.75) is 45.2 Å². The van der Waals surface area contributed by atoms with Gasteiger partial charge in [-0.15, -0.1) is 0 Å². The first-order valence-electron chi connectivity index (χ1n) is 11.4. The van der Waals surface area contributed by atoms with Crippen LogP contribution in [0.4, 0.5) is 0 Å². The minimum absolute atomic E-state index is 0.246. The number of para-hydroxylation sites is 1. The molecule has 1 aromatic carbocycles. The Morgan fingerprint density at radius 2 is 1.81 bits per heavy atom. The Kier molecular flexibility index (Phi) is 5.75. The summed E-state index contributed by atoms with van der Waals surface area (Å²) in [5.74, 6) is 1.74. The third-order valence-corrected chi connectivity index (χ3v) is 6.57. The van der Waals surface area contributed by atoms with Gasteiger partial charge in [0.05, 0.1) is 12.2 Å². The molecule has 6 nitrogen and oxygen atoms in total. The number of fused-ring (bicyclic) bond motifs is 1. The second kappa shape index (κ2) is 8.99. The molecular weight excluding hydrogens is 398 g/mol. The van der Waals surface area contributed by atoms with Crippen LogP contribution in [-0.2, 0) is 17.9 Å². The quantitative estimate of drug-likeness (QED) is 0.459. The molecule has 4 aromatic rings. The second-order valence-corrected chi connectivity index (χ2v) is 8.66. The number of pyridine rings is 1. The predicted molar refractivity (Wildman–Crippen MR) is 125 cm³/mol. The number of imidazole rings is 1. The number of rotatable bonds is 6. The minimum Gasteiger partial charge on any atom is -0.347 e. The number of carbonyl (C=O) groups is 1. The van der Waals surface area contributed by atoms with Gasteiger partial charge >= 0.3 is 0 Å². The Labute approximate surface area is 188 Å². The Hall–Kier alpha value is -3.41. The summed E-state index contributed by atoms with van der Waals surface area (Å²) >= 11 is 0. The Morgan fingerprint density at radius 3 is 2.62 bits per heavy atom. The molecule has 32 heavy (non-hydrogen) atoms. The number of amides is 1. The van der Waals surface area contributed by atoms with Crippen molar-refractivity contribution in [3.8, 4) is 0 Å². The van der Waals surface area contributed by atoms with Gasteiger partial charge in [0.1, 0.15) is 5.82 Å². The first-order valence-corrected chi connectivity index (χ1v) is 11.4. The van der Waals surface area contributed by atoms with Crippen LogP contribution < -0.4 is 0 Å². The summed E-state index contributed by atoms with van der Waals surface area (Å²) in [5.41, 5.74) is 3.50. The average Bonchev–Trinajstić information content (AvgIpc) is 3.43. The molecule has 0 bridgehead atoms. The highest BCUT2D eigenvalue weighted by Gasteiger charge is 2.26. The second-order valence-electron chi connectivity index (χ2n) is 8.66. The molecule has 1 saturated heterocycles. The molecule has 0 aliphatic carbocycles. The fraction of sp³-hybridized carbons (Fsp3) is 0.346. The highest BCUT2D eigenvalue weighted by atomic mass is 16.2. The zero-order valence-corrected chi connectivity index (χ0v) is 18.5. The molecule has 1 aliphatic rings. The summed E-state index contributed by atoms with van der Waals surface area (Å²) in [4.78, 5) is 24.0. The van der Waals surface area contributed by atoms with E-state index in [0.29, 0.717) is 12.3 Å². The van der Waals surface area contributed by atoms with Crippen molar-refractivity contribution in [1.82, 2.24) is 24.0 Å². The van der Waals surface area contributed by atoms with Gasteiger partial charge in [-0.1, -0.05) is 24.3 Å². The van der Waals surface area contributed by atoms with Crippen molar-refractivity contribution in [2.24, 2.45) is 0 Å². The number of piperidine rings is 1. The van der Waals surface area contributed by atoms with E-state index < -0.39 is 0 Å². The van der Waals surface area contributed by atoms with Gasteiger partial charge in [-0.05, 0) is 43.5 Å². The molecule has 6 heteroatoms. The summed E-state index contributed by atoms with van der Waals surface area (Å²) in [5, 5.41) is 1.27. The Bertz CT molecular complexity index is 1200. The molecule has 1 fully saturated rings. The summed E-state index contributed by atoms with van der Waals surface area (Å²) in [6.07, 6.45) is 10.3. The van der Waals surface area contributed by atoms with Crippen LogP contribution in [0.5, 0.6) is 0 Å². The van der Waals surface area contributed by atoms with Crippen molar-refractivity contribution in [2.75, 3.05) is 13.1 Å². The van der Waals surface area contributed by atoms with E-state index in [1.165, 1.54) is 16.5 Å². The topological polar surface area (TPSA) is 56.0 Å². The molecule has 0 N–H and O–H groups in total.